The maximum atomic E-state index is 13.2. The fourth-order valence-electron chi connectivity index (χ4n) is 3.08. The van der Waals surface area contributed by atoms with Gasteiger partial charge in [0.2, 0.25) is 0 Å². The first-order valence-electron chi connectivity index (χ1n) is 7.57. The van der Waals surface area contributed by atoms with E-state index in [0.717, 1.165) is 18.8 Å². The quantitative estimate of drug-likeness (QED) is 0.698. The Morgan fingerprint density at radius 2 is 2.04 bits per heavy atom. The summed E-state index contributed by atoms with van der Waals surface area (Å²) in [6, 6.07) is 9.88. The molecule has 0 N–H and O–H groups in total. The normalized spacial score (nSPS) is 18.8. The third kappa shape index (κ3) is 2.62. The molecular weight excluding hydrogens is 295 g/mol. The van der Waals surface area contributed by atoms with Gasteiger partial charge in [-0.3, -0.25) is 9.36 Å². The highest BCUT2D eigenvalue weighted by molar-refractivity contribution is 5.52. The van der Waals surface area contributed by atoms with Crippen molar-refractivity contribution in [2.45, 2.75) is 19.0 Å². The van der Waals surface area contributed by atoms with Gasteiger partial charge in [0, 0.05) is 23.7 Å². The number of aromatic nitrogens is 1. The van der Waals surface area contributed by atoms with Crippen LogP contribution in [0.15, 0.2) is 41.2 Å². The van der Waals surface area contributed by atoms with Crippen molar-refractivity contribution in [3.8, 4) is 11.8 Å². The van der Waals surface area contributed by atoms with E-state index in [0.29, 0.717) is 30.4 Å². The number of benzene rings is 1. The molecule has 23 heavy (non-hydrogen) atoms. The first-order chi connectivity index (χ1) is 11.2. The van der Waals surface area contributed by atoms with Gasteiger partial charge in [-0.25, -0.2) is 4.39 Å². The predicted octanol–water partition coefficient (Wildman–Crippen LogP) is 1.95. The van der Waals surface area contributed by atoms with Gasteiger partial charge in [-0.05, 0) is 30.7 Å². The summed E-state index contributed by atoms with van der Waals surface area (Å²) in [7, 11) is 0. The Morgan fingerprint density at radius 3 is 2.91 bits per heavy atom. The number of nitrogens with zero attached hydrogens (tertiary/aromatic N) is 2. The highest BCUT2D eigenvalue weighted by atomic mass is 19.1. The number of hydrogen-bond acceptors (Lipinski definition) is 3. The molecule has 0 spiro atoms. The van der Waals surface area contributed by atoms with Crippen LogP contribution in [-0.2, 0) is 11.3 Å². The van der Waals surface area contributed by atoms with Crippen LogP contribution in [-0.4, -0.2) is 23.9 Å². The summed E-state index contributed by atoms with van der Waals surface area (Å²) < 4.78 is 20.4. The van der Waals surface area contributed by atoms with E-state index >= 15 is 0 Å². The molecule has 2 aliphatic heterocycles. The van der Waals surface area contributed by atoms with Gasteiger partial charge in [-0.2, -0.15) is 0 Å². The number of fused-ring (bicyclic) bond motifs is 3. The lowest BCUT2D eigenvalue weighted by Crippen LogP contribution is -2.39. The zero-order valence-corrected chi connectivity index (χ0v) is 12.5. The molecule has 2 aliphatic rings. The Morgan fingerprint density at radius 1 is 1.17 bits per heavy atom. The minimum Gasteiger partial charge on any atom is -0.361 e. The summed E-state index contributed by atoms with van der Waals surface area (Å²) in [6.45, 7) is 1.94. The predicted molar refractivity (Wildman–Crippen MR) is 84.8 cm³/mol. The summed E-state index contributed by atoms with van der Waals surface area (Å²) in [5.74, 6) is 6.39. The fraction of sp³-hybridized carbons (Fsp3) is 0.278. The SMILES string of the molecule is O=c1cc(C#Cc2cccc(F)c2)cc2n1C[C@H]1CCOCN21. The van der Waals surface area contributed by atoms with Crippen molar-refractivity contribution in [1.82, 2.24) is 4.57 Å². The molecule has 1 fully saturated rings. The van der Waals surface area contributed by atoms with E-state index in [1.807, 2.05) is 6.07 Å². The van der Waals surface area contributed by atoms with Crippen LogP contribution in [0.1, 0.15) is 17.5 Å². The van der Waals surface area contributed by atoms with Gasteiger partial charge in [-0.1, -0.05) is 17.9 Å². The molecule has 1 aromatic carbocycles. The fourth-order valence-corrected chi connectivity index (χ4v) is 3.08. The van der Waals surface area contributed by atoms with Crippen LogP contribution in [0.2, 0.25) is 0 Å². The molecule has 2 aromatic rings. The van der Waals surface area contributed by atoms with Gasteiger partial charge in [0.15, 0.2) is 0 Å². The topological polar surface area (TPSA) is 34.5 Å². The molecule has 0 unspecified atom stereocenters. The molecule has 116 valence electrons. The lowest BCUT2D eigenvalue weighted by Gasteiger charge is -2.30. The molecule has 0 bridgehead atoms. The van der Waals surface area contributed by atoms with E-state index in [1.165, 1.54) is 18.2 Å². The van der Waals surface area contributed by atoms with Crippen LogP contribution < -0.4 is 10.5 Å². The van der Waals surface area contributed by atoms with Crippen molar-refractivity contribution >= 4 is 5.82 Å². The second-order valence-corrected chi connectivity index (χ2v) is 5.76. The van der Waals surface area contributed by atoms with Crippen LogP contribution >= 0.6 is 0 Å². The second kappa shape index (κ2) is 5.56. The minimum atomic E-state index is -0.320. The van der Waals surface area contributed by atoms with Crippen molar-refractivity contribution in [2.75, 3.05) is 18.2 Å². The summed E-state index contributed by atoms with van der Waals surface area (Å²) in [5, 5.41) is 0. The number of ether oxygens (including phenoxy) is 1. The third-order valence-electron chi connectivity index (χ3n) is 4.24. The molecule has 1 aromatic heterocycles. The molecule has 1 saturated heterocycles. The highest BCUT2D eigenvalue weighted by Crippen LogP contribution is 2.28. The second-order valence-electron chi connectivity index (χ2n) is 5.76. The first-order valence-corrected chi connectivity index (χ1v) is 7.57. The van der Waals surface area contributed by atoms with Crippen LogP contribution in [0.5, 0.6) is 0 Å². The van der Waals surface area contributed by atoms with E-state index in [9.17, 15) is 9.18 Å². The standard InChI is InChI=1S/C18H15FN2O2/c19-15-3-1-2-13(8-15)4-5-14-9-17-20(18(22)10-14)11-16-6-7-23-12-21(16)17/h1-3,8-10,16H,6-7,11-12H2/t16-/m1/s1. The zero-order chi connectivity index (χ0) is 15.8. The number of rotatable bonds is 0. The largest absolute Gasteiger partial charge is 0.361 e. The van der Waals surface area contributed by atoms with Gasteiger partial charge in [-0.15, -0.1) is 0 Å². The molecule has 0 amide bonds. The molecule has 1 atom stereocenters. The van der Waals surface area contributed by atoms with Crippen molar-refractivity contribution in [3.63, 3.8) is 0 Å². The summed E-state index contributed by atoms with van der Waals surface area (Å²) in [5.41, 5.74) is 1.17. The van der Waals surface area contributed by atoms with Crippen molar-refractivity contribution < 1.29 is 9.13 Å². The van der Waals surface area contributed by atoms with Crippen molar-refractivity contribution in [1.29, 1.82) is 0 Å². The summed E-state index contributed by atoms with van der Waals surface area (Å²) >= 11 is 0. The van der Waals surface area contributed by atoms with Gasteiger partial charge >= 0.3 is 0 Å². The van der Waals surface area contributed by atoms with Gasteiger partial charge < -0.3 is 9.64 Å². The van der Waals surface area contributed by atoms with E-state index in [2.05, 4.69) is 16.7 Å². The monoisotopic (exact) mass is 310 g/mol. The lowest BCUT2D eigenvalue weighted by molar-refractivity contribution is 0.0904. The summed E-state index contributed by atoms with van der Waals surface area (Å²) in [6.07, 6.45) is 0.922. The third-order valence-corrected chi connectivity index (χ3v) is 4.24. The summed E-state index contributed by atoms with van der Waals surface area (Å²) in [4.78, 5) is 14.4. The van der Waals surface area contributed by atoms with E-state index in [1.54, 1.807) is 16.7 Å². The van der Waals surface area contributed by atoms with Crippen molar-refractivity contribution in [3.05, 3.63) is 63.7 Å². The average molecular weight is 310 g/mol. The Hall–Kier alpha value is -2.58. The molecule has 4 rings (SSSR count). The van der Waals surface area contributed by atoms with Gasteiger partial charge in [0.25, 0.3) is 5.56 Å². The van der Waals surface area contributed by atoms with Gasteiger partial charge in [0.1, 0.15) is 18.4 Å². The minimum absolute atomic E-state index is 0.0551. The molecule has 5 heteroatoms. The first kappa shape index (κ1) is 14.0. The van der Waals surface area contributed by atoms with Crippen LogP contribution in [0.25, 0.3) is 0 Å². The Labute approximate surface area is 133 Å². The number of hydrogen-bond donors (Lipinski definition) is 0. The molecule has 0 aliphatic carbocycles. The van der Waals surface area contributed by atoms with Crippen LogP contribution in [0.3, 0.4) is 0 Å². The van der Waals surface area contributed by atoms with Crippen molar-refractivity contribution in [2.24, 2.45) is 0 Å². The maximum absolute atomic E-state index is 13.2. The lowest BCUT2D eigenvalue weighted by atomic mass is 10.2. The van der Waals surface area contributed by atoms with E-state index < -0.39 is 0 Å². The molecule has 0 radical (unpaired) electrons. The van der Waals surface area contributed by atoms with Crippen LogP contribution in [0.4, 0.5) is 10.2 Å². The molecule has 4 nitrogen and oxygen atoms in total. The number of pyridine rings is 1. The Bertz CT molecular complexity index is 879. The molecular formula is C18H15FN2O2. The van der Waals surface area contributed by atoms with Crippen LogP contribution in [0, 0.1) is 17.7 Å². The molecule has 0 saturated carbocycles. The zero-order valence-electron chi connectivity index (χ0n) is 12.5. The van der Waals surface area contributed by atoms with E-state index in [-0.39, 0.29) is 11.4 Å². The highest BCUT2D eigenvalue weighted by Gasteiger charge is 2.32. The van der Waals surface area contributed by atoms with E-state index in [4.69, 9.17) is 4.74 Å². The Kier molecular flexibility index (Phi) is 3.40. The Balaban J connectivity index is 1.70. The molecule has 3 heterocycles. The van der Waals surface area contributed by atoms with Gasteiger partial charge in [0.05, 0.1) is 12.6 Å². The number of anilines is 1. The number of halogens is 1. The maximum Gasteiger partial charge on any atom is 0.253 e. The average Bonchev–Trinajstić information content (AvgIpc) is 2.93. The smallest absolute Gasteiger partial charge is 0.253 e.